The average molecular weight is 1090 g/mol. The van der Waals surface area contributed by atoms with Gasteiger partial charge in [-0.2, -0.15) is 0 Å². The molecular formula is C61H116O15. The van der Waals surface area contributed by atoms with Crippen LogP contribution in [0.5, 0.6) is 0 Å². The number of esters is 2. The molecular weight excluding hydrogens is 973 g/mol. The normalized spacial score (nSPS) is 24.2. The molecule has 0 bridgehead atoms. The summed E-state index contributed by atoms with van der Waals surface area (Å²) in [4.78, 5) is 26.0. The first-order valence-electron chi connectivity index (χ1n) is 31.6. The molecule has 15 nitrogen and oxygen atoms in total. The van der Waals surface area contributed by atoms with Crippen LogP contribution >= 0.6 is 0 Å². The van der Waals surface area contributed by atoms with Gasteiger partial charge < -0.3 is 64.2 Å². The van der Waals surface area contributed by atoms with Crippen LogP contribution in [0.15, 0.2) is 0 Å². The number of unbranched alkanes of at least 4 members (excludes halogenated alkanes) is 38. The molecule has 0 aliphatic carbocycles. The van der Waals surface area contributed by atoms with Crippen molar-refractivity contribution >= 4 is 11.9 Å². The number of carbonyl (C=O) groups is 2. The first-order valence-corrected chi connectivity index (χ1v) is 31.6. The van der Waals surface area contributed by atoms with Crippen LogP contribution in [0, 0.1) is 0 Å². The highest BCUT2D eigenvalue weighted by molar-refractivity contribution is 5.70. The molecule has 2 fully saturated rings. The molecule has 0 aromatic rings. The first kappa shape index (κ1) is 70.6. The van der Waals surface area contributed by atoms with Crippen molar-refractivity contribution in [2.45, 2.75) is 351 Å². The Balaban J connectivity index is 1.71. The van der Waals surface area contributed by atoms with Crippen LogP contribution in [0.1, 0.15) is 284 Å². The number of ether oxygens (including phenoxy) is 6. The topological polar surface area (TPSA) is 231 Å². The first-order chi connectivity index (χ1) is 37.0. The zero-order chi connectivity index (χ0) is 55.3. The summed E-state index contributed by atoms with van der Waals surface area (Å²) in [6, 6.07) is 0. The lowest BCUT2D eigenvalue weighted by Gasteiger charge is -2.42. The standard InChI is InChI=1S/C61H116O15/c1-3-5-7-9-11-13-15-17-19-21-23-24-26-28-30-32-34-36-38-40-42-44-53(64)74-49(46-71-52(63)43-41-39-37-35-33-31-29-27-25-22-20-18-16-14-12-10-8-6-4-2)47-72-60-59(70)57(68)55(66)51(76-60)48-73-61-58(69)56(67)54(65)50(45-62)75-61/h49-51,54-62,65-70H,3-48H2,1-2H3. The predicted molar refractivity (Wildman–Crippen MR) is 298 cm³/mol. The minimum Gasteiger partial charge on any atom is -0.462 e. The van der Waals surface area contributed by atoms with Gasteiger partial charge in [-0.05, 0) is 12.8 Å². The summed E-state index contributed by atoms with van der Waals surface area (Å²) in [6.45, 7) is 2.68. The molecule has 2 rings (SSSR count). The summed E-state index contributed by atoms with van der Waals surface area (Å²) < 4.78 is 33.8. The number of carbonyl (C=O) groups excluding carboxylic acids is 2. The van der Waals surface area contributed by atoms with Crippen LogP contribution < -0.4 is 0 Å². The van der Waals surface area contributed by atoms with Crippen molar-refractivity contribution < 1.29 is 73.8 Å². The van der Waals surface area contributed by atoms with E-state index in [4.69, 9.17) is 28.4 Å². The van der Waals surface area contributed by atoms with Crippen molar-refractivity contribution in [3.8, 4) is 0 Å². The van der Waals surface area contributed by atoms with Crippen LogP contribution in [0.25, 0.3) is 0 Å². The molecule has 2 heterocycles. The van der Waals surface area contributed by atoms with Gasteiger partial charge in [0.2, 0.25) is 0 Å². The van der Waals surface area contributed by atoms with E-state index in [2.05, 4.69) is 13.8 Å². The number of aliphatic hydroxyl groups excluding tert-OH is 7. The van der Waals surface area contributed by atoms with Crippen LogP contribution in [0.4, 0.5) is 0 Å². The molecule has 11 atom stereocenters. The van der Waals surface area contributed by atoms with E-state index >= 15 is 0 Å². The van der Waals surface area contributed by atoms with E-state index in [1.54, 1.807) is 0 Å². The zero-order valence-corrected chi connectivity index (χ0v) is 48.3. The van der Waals surface area contributed by atoms with Crippen LogP contribution in [0.3, 0.4) is 0 Å². The number of hydrogen-bond donors (Lipinski definition) is 7. The van der Waals surface area contributed by atoms with E-state index in [0.717, 1.165) is 38.5 Å². The Morgan fingerprint density at radius 2 is 0.671 bits per heavy atom. The monoisotopic (exact) mass is 1090 g/mol. The van der Waals surface area contributed by atoms with E-state index in [9.17, 15) is 45.3 Å². The fourth-order valence-corrected chi connectivity index (χ4v) is 10.5. The van der Waals surface area contributed by atoms with Gasteiger partial charge in [0.05, 0.1) is 19.8 Å². The molecule has 0 saturated carbocycles. The van der Waals surface area contributed by atoms with Gasteiger partial charge in [0.15, 0.2) is 18.7 Å². The Labute approximate surface area is 461 Å². The molecule has 0 radical (unpaired) electrons. The van der Waals surface area contributed by atoms with Gasteiger partial charge in [-0.15, -0.1) is 0 Å². The Morgan fingerprint density at radius 3 is 1.03 bits per heavy atom. The van der Waals surface area contributed by atoms with E-state index in [1.165, 1.54) is 205 Å². The summed E-state index contributed by atoms with van der Waals surface area (Å²) in [5.41, 5.74) is 0. The fourth-order valence-electron chi connectivity index (χ4n) is 10.5. The largest absolute Gasteiger partial charge is 0.462 e. The second kappa shape index (κ2) is 48.2. The van der Waals surface area contributed by atoms with Crippen molar-refractivity contribution in [2.24, 2.45) is 0 Å². The van der Waals surface area contributed by atoms with Crippen LogP contribution in [0.2, 0.25) is 0 Å². The average Bonchev–Trinajstić information content (AvgIpc) is 3.41. The van der Waals surface area contributed by atoms with Gasteiger partial charge >= 0.3 is 11.9 Å². The second-order valence-electron chi connectivity index (χ2n) is 22.6. The lowest BCUT2D eigenvalue weighted by molar-refractivity contribution is -0.332. The quantitative estimate of drug-likeness (QED) is 0.0222. The number of aliphatic hydroxyl groups is 7. The van der Waals surface area contributed by atoms with Crippen molar-refractivity contribution in [2.75, 3.05) is 26.4 Å². The molecule has 450 valence electrons. The third-order valence-corrected chi connectivity index (χ3v) is 15.6. The Kier molecular flexibility index (Phi) is 44.8. The molecule has 0 spiro atoms. The molecule has 7 N–H and O–H groups in total. The number of rotatable bonds is 52. The third-order valence-electron chi connectivity index (χ3n) is 15.6. The maximum absolute atomic E-state index is 13.1. The summed E-state index contributed by atoms with van der Waals surface area (Å²) in [6.07, 6.45) is 34.1. The summed E-state index contributed by atoms with van der Waals surface area (Å²) in [7, 11) is 0. The Bertz CT molecular complexity index is 1320. The lowest BCUT2D eigenvalue weighted by Crippen LogP contribution is -2.61. The van der Waals surface area contributed by atoms with Crippen molar-refractivity contribution in [3.05, 3.63) is 0 Å². The Morgan fingerprint density at radius 1 is 0.368 bits per heavy atom. The van der Waals surface area contributed by atoms with Crippen LogP contribution in [-0.4, -0.2) is 142 Å². The van der Waals surface area contributed by atoms with Gasteiger partial charge in [-0.3, -0.25) is 9.59 Å². The molecule has 11 unspecified atom stereocenters. The molecule has 0 amide bonds. The highest BCUT2D eigenvalue weighted by Gasteiger charge is 2.47. The minimum atomic E-state index is -1.76. The summed E-state index contributed by atoms with van der Waals surface area (Å²) in [5, 5.41) is 72.4. The van der Waals surface area contributed by atoms with E-state index in [1.807, 2.05) is 0 Å². The minimum absolute atomic E-state index is 0.174. The third kappa shape index (κ3) is 34.6. The highest BCUT2D eigenvalue weighted by atomic mass is 16.7. The van der Waals surface area contributed by atoms with Crippen molar-refractivity contribution in [1.82, 2.24) is 0 Å². The SMILES string of the molecule is CCCCCCCCCCCCCCCCCCCCCCCC(=O)OC(COC(=O)CCCCCCCCCCCCCCCCCCCCC)COC1OC(COC2OC(CO)C(O)C(O)C2O)C(O)C(O)C1O. The molecule has 2 aliphatic heterocycles. The van der Waals surface area contributed by atoms with Gasteiger partial charge in [0.25, 0.3) is 0 Å². The maximum atomic E-state index is 13.1. The zero-order valence-electron chi connectivity index (χ0n) is 48.3. The Hall–Kier alpha value is -1.50. The van der Waals surface area contributed by atoms with Crippen LogP contribution in [-0.2, 0) is 38.0 Å². The van der Waals surface area contributed by atoms with Gasteiger partial charge in [-0.1, -0.05) is 258 Å². The molecule has 76 heavy (non-hydrogen) atoms. The highest BCUT2D eigenvalue weighted by Crippen LogP contribution is 2.27. The molecule has 0 aromatic carbocycles. The summed E-state index contributed by atoms with van der Waals surface area (Å²) in [5.74, 6) is -0.900. The molecule has 15 heteroatoms. The summed E-state index contributed by atoms with van der Waals surface area (Å²) >= 11 is 0. The number of hydrogen-bond acceptors (Lipinski definition) is 15. The predicted octanol–water partition coefficient (Wildman–Crippen LogP) is 11.5. The smallest absolute Gasteiger partial charge is 0.306 e. The second-order valence-corrected chi connectivity index (χ2v) is 22.6. The molecule has 2 aliphatic rings. The van der Waals surface area contributed by atoms with E-state index in [0.29, 0.717) is 12.8 Å². The van der Waals surface area contributed by atoms with Crippen molar-refractivity contribution in [1.29, 1.82) is 0 Å². The van der Waals surface area contributed by atoms with E-state index < -0.39 is 92.7 Å². The maximum Gasteiger partial charge on any atom is 0.306 e. The van der Waals surface area contributed by atoms with Gasteiger partial charge in [0, 0.05) is 12.8 Å². The fraction of sp³-hybridized carbons (Fsp3) is 0.967. The molecule has 0 aromatic heterocycles. The van der Waals surface area contributed by atoms with Gasteiger partial charge in [0.1, 0.15) is 55.4 Å². The lowest BCUT2D eigenvalue weighted by atomic mass is 9.98. The molecule has 2 saturated heterocycles. The van der Waals surface area contributed by atoms with Crippen molar-refractivity contribution in [3.63, 3.8) is 0 Å². The van der Waals surface area contributed by atoms with Gasteiger partial charge in [-0.25, -0.2) is 0 Å². The van der Waals surface area contributed by atoms with E-state index in [-0.39, 0.29) is 26.1 Å².